The minimum Gasteiger partial charge on any atom is -0.489 e. The summed E-state index contributed by atoms with van der Waals surface area (Å²) >= 11 is 0. The normalized spacial score (nSPS) is 10.3. The van der Waals surface area contributed by atoms with Gasteiger partial charge in [0.1, 0.15) is 17.9 Å². The summed E-state index contributed by atoms with van der Waals surface area (Å²) in [5, 5.41) is 8.71. The number of fused-ring (bicyclic) bond motifs is 1. The number of benzene rings is 2. The molecule has 0 unspecified atom stereocenters. The first-order valence-electron chi connectivity index (χ1n) is 5.80. The monoisotopic (exact) mass is 250 g/mol. The Kier molecular flexibility index (Phi) is 2.87. The van der Waals surface area contributed by atoms with Crippen LogP contribution in [0, 0.1) is 11.3 Å². The smallest absolute Gasteiger partial charge is 0.181 e. The van der Waals surface area contributed by atoms with Crippen molar-refractivity contribution in [3.63, 3.8) is 0 Å². The van der Waals surface area contributed by atoms with Crippen LogP contribution in [0.4, 0.5) is 0 Å². The maximum absolute atomic E-state index is 8.71. The zero-order valence-corrected chi connectivity index (χ0v) is 10.0. The molecule has 0 radical (unpaired) electrons. The van der Waals surface area contributed by atoms with E-state index < -0.39 is 0 Å². The number of nitriles is 1. The van der Waals surface area contributed by atoms with Crippen molar-refractivity contribution in [2.45, 2.75) is 6.61 Å². The van der Waals surface area contributed by atoms with Crippen LogP contribution < -0.4 is 4.74 Å². The van der Waals surface area contributed by atoms with E-state index in [1.54, 1.807) is 24.3 Å². The summed E-state index contributed by atoms with van der Waals surface area (Å²) in [6.45, 7) is 0.447. The third kappa shape index (κ3) is 2.40. The summed E-state index contributed by atoms with van der Waals surface area (Å²) < 4.78 is 10.9. The molecule has 0 spiro atoms. The summed E-state index contributed by atoms with van der Waals surface area (Å²) in [5.41, 5.74) is 3.21. The SMILES string of the molecule is N#Cc1ccc(OCc2ccc3ncoc3c2)cc1. The number of hydrogen-bond donors (Lipinski definition) is 0. The van der Waals surface area contributed by atoms with E-state index in [-0.39, 0.29) is 0 Å². The molecule has 3 rings (SSSR count). The molecule has 0 bridgehead atoms. The number of aromatic nitrogens is 1. The summed E-state index contributed by atoms with van der Waals surface area (Å²) in [6, 6.07) is 14.9. The van der Waals surface area contributed by atoms with Gasteiger partial charge in [-0.25, -0.2) is 4.98 Å². The molecule has 3 aromatic rings. The minimum absolute atomic E-state index is 0.447. The lowest BCUT2D eigenvalue weighted by molar-refractivity contribution is 0.306. The average molecular weight is 250 g/mol. The molecule has 4 heteroatoms. The zero-order valence-electron chi connectivity index (χ0n) is 10.0. The second kappa shape index (κ2) is 4.83. The summed E-state index contributed by atoms with van der Waals surface area (Å²) in [5.74, 6) is 0.733. The van der Waals surface area contributed by atoms with Crippen molar-refractivity contribution in [1.82, 2.24) is 4.98 Å². The van der Waals surface area contributed by atoms with Crippen LogP contribution in [-0.2, 0) is 6.61 Å². The molecule has 92 valence electrons. The number of ether oxygens (including phenoxy) is 1. The Bertz CT molecular complexity index is 739. The van der Waals surface area contributed by atoms with Gasteiger partial charge >= 0.3 is 0 Å². The van der Waals surface area contributed by atoms with E-state index >= 15 is 0 Å². The maximum atomic E-state index is 8.71. The highest BCUT2D eigenvalue weighted by atomic mass is 16.5. The second-order valence-corrected chi connectivity index (χ2v) is 4.08. The van der Waals surface area contributed by atoms with Gasteiger partial charge in [0.05, 0.1) is 11.6 Å². The van der Waals surface area contributed by atoms with E-state index in [0.717, 1.165) is 22.4 Å². The molecule has 1 aromatic heterocycles. The van der Waals surface area contributed by atoms with Crippen molar-refractivity contribution in [1.29, 1.82) is 5.26 Å². The lowest BCUT2D eigenvalue weighted by Gasteiger charge is -2.05. The standard InChI is InChI=1S/C15H10N2O2/c16-8-11-1-4-13(5-2-11)18-9-12-3-6-14-15(7-12)19-10-17-14/h1-7,10H,9H2. The van der Waals surface area contributed by atoms with Gasteiger partial charge < -0.3 is 9.15 Å². The summed E-state index contributed by atoms with van der Waals surface area (Å²) in [6.07, 6.45) is 1.43. The fourth-order valence-electron chi connectivity index (χ4n) is 1.78. The molecule has 0 fully saturated rings. The Morgan fingerprint density at radius 3 is 2.79 bits per heavy atom. The van der Waals surface area contributed by atoms with Crippen LogP contribution >= 0.6 is 0 Å². The Morgan fingerprint density at radius 2 is 2.00 bits per heavy atom. The zero-order chi connectivity index (χ0) is 13.1. The van der Waals surface area contributed by atoms with Crippen LogP contribution in [0.25, 0.3) is 11.1 Å². The molecular weight excluding hydrogens is 240 g/mol. The molecule has 0 saturated heterocycles. The molecular formula is C15H10N2O2. The van der Waals surface area contributed by atoms with Gasteiger partial charge in [-0.3, -0.25) is 0 Å². The van der Waals surface area contributed by atoms with E-state index in [0.29, 0.717) is 12.2 Å². The largest absolute Gasteiger partial charge is 0.489 e. The van der Waals surface area contributed by atoms with Crippen LogP contribution in [0.3, 0.4) is 0 Å². The van der Waals surface area contributed by atoms with Gasteiger partial charge in [0.2, 0.25) is 0 Å². The van der Waals surface area contributed by atoms with Gasteiger partial charge in [0, 0.05) is 0 Å². The Morgan fingerprint density at radius 1 is 1.16 bits per heavy atom. The highest BCUT2D eigenvalue weighted by Gasteiger charge is 2.01. The van der Waals surface area contributed by atoms with Crippen molar-refractivity contribution in [3.8, 4) is 11.8 Å². The molecule has 0 aliphatic carbocycles. The van der Waals surface area contributed by atoms with Crippen molar-refractivity contribution in [3.05, 3.63) is 60.0 Å². The van der Waals surface area contributed by atoms with E-state index in [2.05, 4.69) is 11.1 Å². The molecule has 0 amide bonds. The number of rotatable bonds is 3. The fourth-order valence-corrected chi connectivity index (χ4v) is 1.78. The van der Waals surface area contributed by atoms with Gasteiger partial charge in [-0.1, -0.05) is 6.07 Å². The lowest BCUT2D eigenvalue weighted by Crippen LogP contribution is -1.95. The van der Waals surface area contributed by atoms with Crippen LogP contribution in [0.2, 0.25) is 0 Å². The summed E-state index contributed by atoms with van der Waals surface area (Å²) in [4.78, 5) is 4.06. The third-order valence-corrected chi connectivity index (χ3v) is 2.78. The van der Waals surface area contributed by atoms with Crippen molar-refractivity contribution in [2.75, 3.05) is 0 Å². The Labute approximate surface area is 109 Å². The van der Waals surface area contributed by atoms with Gasteiger partial charge in [0.15, 0.2) is 12.0 Å². The molecule has 2 aromatic carbocycles. The first kappa shape index (κ1) is 11.3. The number of hydrogen-bond acceptors (Lipinski definition) is 4. The molecule has 0 aliphatic heterocycles. The molecule has 4 nitrogen and oxygen atoms in total. The van der Waals surface area contributed by atoms with E-state index in [1.807, 2.05) is 18.2 Å². The fraction of sp³-hybridized carbons (Fsp3) is 0.0667. The highest BCUT2D eigenvalue weighted by molar-refractivity contribution is 5.72. The Balaban J connectivity index is 1.72. The maximum Gasteiger partial charge on any atom is 0.181 e. The van der Waals surface area contributed by atoms with Crippen molar-refractivity contribution >= 4 is 11.1 Å². The first-order chi connectivity index (χ1) is 9.35. The van der Waals surface area contributed by atoms with Gasteiger partial charge in [0.25, 0.3) is 0 Å². The van der Waals surface area contributed by atoms with Crippen LogP contribution in [-0.4, -0.2) is 4.98 Å². The third-order valence-electron chi connectivity index (χ3n) is 2.78. The van der Waals surface area contributed by atoms with Crippen LogP contribution in [0.1, 0.15) is 11.1 Å². The van der Waals surface area contributed by atoms with E-state index in [1.165, 1.54) is 6.39 Å². The van der Waals surface area contributed by atoms with Crippen LogP contribution in [0.5, 0.6) is 5.75 Å². The molecule has 0 atom stereocenters. The first-order valence-corrected chi connectivity index (χ1v) is 5.80. The minimum atomic E-state index is 0.447. The van der Waals surface area contributed by atoms with Gasteiger partial charge in [-0.15, -0.1) is 0 Å². The summed E-state index contributed by atoms with van der Waals surface area (Å²) in [7, 11) is 0. The molecule has 19 heavy (non-hydrogen) atoms. The quantitative estimate of drug-likeness (QED) is 0.715. The predicted molar refractivity (Wildman–Crippen MR) is 69.5 cm³/mol. The Hall–Kier alpha value is -2.80. The lowest BCUT2D eigenvalue weighted by atomic mass is 10.2. The predicted octanol–water partition coefficient (Wildman–Crippen LogP) is 3.28. The number of oxazole rings is 1. The van der Waals surface area contributed by atoms with Crippen LogP contribution in [0.15, 0.2) is 53.3 Å². The van der Waals surface area contributed by atoms with Crippen molar-refractivity contribution in [2.24, 2.45) is 0 Å². The highest BCUT2D eigenvalue weighted by Crippen LogP contribution is 2.17. The topological polar surface area (TPSA) is 59.0 Å². The average Bonchev–Trinajstić information content (AvgIpc) is 2.93. The number of nitrogens with zero attached hydrogens (tertiary/aromatic N) is 2. The van der Waals surface area contributed by atoms with Gasteiger partial charge in [-0.05, 0) is 42.0 Å². The van der Waals surface area contributed by atoms with E-state index in [4.69, 9.17) is 14.4 Å². The van der Waals surface area contributed by atoms with Gasteiger partial charge in [-0.2, -0.15) is 5.26 Å². The molecule has 0 aliphatic rings. The molecule has 0 N–H and O–H groups in total. The molecule has 1 heterocycles. The molecule has 0 saturated carbocycles. The van der Waals surface area contributed by atoms with E-state index in [9.17, 15) is 0 Å². The van der Waals surface area contributed by atoms with Crippen molar-refractivity contribution < 1.29 is 9.15 Å². The second-order valence-electron chi connectivity index (χ2n) is 4.08.